The molecule has 0 unspecified atom stereocenters. The number of anilines is 1. The van der Waals surface area contributed by atoms with Crippen molar-refractivity contribution in [1.29, 1.82) is 0 Å². The number of carboxylic acid groups (broad SMARTS) is 1. The number of alkyl halides is 3. The van der Waals surface area contributed by atoms with Crippen LogP contribution >= 0.6 is 0 Å². The minimum absolute atomic E-state index is 0.0447. The van der Waals surface area contributed by atoms with Crippen LogP contribution in [0.2, 0.25) is 0 Å². The highest BCUT2D eigenvalue weighted by atomic mass is 19.4. The third kappa shape index (κ3) is 3.59. The van der Waals surface area contributed by atoms with Crippen molar-refractivity contribution in [2.45, 2.75) is 13.1 Å². The van der Waals surface area contributed by atoms with E-state index in [9.17, 15) is 22.8 Å². The van der Waals surface area contributed by atoms with Gasteiger partial charge in [-0.05, 0) is 13.0 Å². The lowest BCUT2D eigenvalue weighted by Gasteiger charge is -2.10. The molecule has 0 aliphatic heterocycles. The lowest BCUT2D eigenvalue weighted by Crippen LogP contribution is -2.18. The van der Waals surface area contributed by atoms with Gasteiger partial charge in [-0.1, -0.05) is 0 Å². The van der Waals surface area contributed by atoms with Crippen molar-refractivity contribution in [2.24, 2.45) is 0 Å². The first-order valence-electron chi connectivity index (χ1n) is 6.09. The highest BCUT2D eigenvalue weighted by Crippen LogP contribution is 2.26. The first-order valence-corrected chi connectivity index (χ1v) is 6.09. The van der Waals surface area contributed by atoms with Gasteiger partial charge in [-0.2, -0.15) is 13.2 Å². The maximum Gasteiger partial charge on any atom is 0.434 e. The van der Waals surface area contributed by atoms with Gasteiger partial charge in [0.2, 0.25) is 0 Å². The monoisotopic (exact) mass is 326 g/mol. The molecule has 0 radical (unpaired) electrons. The number of aryl methyl sites for hydroxylation is 1. The minimum Gasteiger partial charge on any atom is -0.478 e. The van der Waals surface area contributed by atoms with Crippen molar-refractivity contribution in [2.75, 3.05) is 5.32 Å². The van der Waals surface area contributed by atoms with Gasteiger partial charge in [-0.25, -0.2) is 14.8 Å². The maximum atomic E-state index is 12.4. The van der Waals surface area contributed by atoms with Crippen LogP contribution in [0.15, 0.2) is 24.7 Å². The Morgan fingerprint density at radius 1 is 1.17 bits per heavy atom. The Morgan fingerprint density at radius 3 is 2.39 bits per heavy atom. The molecular weight excluding hydrogens is 317 g/mol. The van der Waals surface area contributed by atoms with Gasteiger partial charge < -0.3 is 10.4 Å². The van der Waals surface area contributed by atoms with Gasteiger partial charge >= 0.3 is 12.1 Å². The molecule has 2 rings (SSSR count). The second kappa shape index (κ2) is 5.99. The van der Waals surface area contributed by atoms with E-state index in [1.165, 1.54) is 19.2 Å². The average Bonchev–Trinajstić information content (AvgIpc) is 2.46. The first-order chi connectivity index (χ1) is 10.7. The molecule has 0 saturated heterocycles. The summed E-state index contributed by atoms with van der Waals surface area (Å²) in [6.45, 7) is 1.44. The van der Waals surface area contributed by atoms with E-state index in [0.29, 0.717) is 12.4 Å². The van der Waals surface area contributed by atoms with Crippen molar-refractivity contribution in [3.63, 3.8) is 0 Å². The van der Waals surface area contributed by atoms with E-state index in [0.717, 1.165) is 0 Å². The van der Waals surface area contributed by atoms with Gasteiger partial charge in [0, 0.05) is 6.20 Å². The fourth-order valence-corrected chi connectivity index (χ4v) is 1.72. The summed E-state index contributed by atoms with van der Waals surface area (Å²) in [5.74, 6) is -2.19. The summed E-state index contributed by atoms with van der Waals surface area (Å²) < 4.78 is 37.1. The Kier molecular flexibility index (Phi) is 4.25. The predicted molar refractivity (Wildman–Crippen MR) is 70.9 cm³/mol. The number of nitrogens with zero attached hydrogens (tertiary/aromatic N) is 3. The molecule has 0 spiro atoms. The van der Waals surface area contributed by atoms with Crippen LogP contribution in [0, 0.1) is 6.92 Å². The van der Waals surface area contributed by atoms with E-state index < -0.39 is 23.7 Å². The van der Waals surface area contributed by atoms with E-state index in [-0.39, 0.29) is 22.6 Å². The zero-order chi connectivity index (χ0) is 17.2. The van der Waals surface area contributed by atoms with Crippen LogP contribution in [0.25, 0.3) is 0 Å². The summed E-state index contributed by atoms with van der Waals surface area (Å²) >= 11 is 0. The molecule has 2 aromatic rings. The standard InChI is InChI=1S/C13H9F3N4O3/c1-6-10(12(22)23)7(2-3-17-6)20-11(21)8-4-19-9(5-18-8)13(14,15)16/h2-5H,1H3,(H,22,23)(H,17,20,21). The number of hydrogen-bond donors (Lipinski definition) is 2. The third-order valence-corrected chi connectivity index (χ3v) is 2.78. The smallest absolute Gasteiger partial charge is 0.434 e. The Bertz CT molecular complexity index is 760. The average molecular weight is 326 g/mol. The lowest BCUT2D eigenvalue weighted by molar-refractivity contribution is -0.141. The van der Waals surface area contributed by atoms with E-state index >= 15 is 0 Å². The van der Waals surface area contributed by atoms with Crippen LogP contribution in [0.4, 0.5) is 18.9 Å². The number of carbonyl (C=O) groups excluding carboxylic acids is 1. The second-order valence-corrected chi connectivity index (χ2v) is 4.36. The fourth-order valence-electron chi connectivity index (χ4n) is 1.72. The highest BCUT2D eigenvalue weighted by molar-refractivity contribution is 6.06. The molecule has 23 heavy (non-hydrogen) atoms. The molecule has 0 aliphatic carbocycles. The number of amides is 1. The zero-order valence-electron chi connectivity index (χ0n) is 11.5. The Hall–Kier alpha value is -3.04. The number of aromatic nitrogens is 3. The number of nitrogens with one attached hydrogen (secondary N) is 1. The zero-order valence-corrected chi connectivity index (χ0v) is 11.5. The van der Waals surface area contributed by atoms with Gasteiger partial charge in [0.1, 0.15) is 11.3 Å². The molecule has 1 amide bonds. The van der Waals surface area contributed by atoms with Crippen molar-refractivity contribution in [1.82, 2.24) is 15.0 Å². The van der Waals surface area contributed by atoms with E-state index in [4.69, 9.17) is 5.11 Å². The topological polar surface area (TPSA) is 105 Å². The fraction of sp³-hybridized carbons (Fsp3) is 0.154. The molecule has 0 aromatic carbocycles. The Balaban J connectivity index is 2.27. The number of carbonyl (C=O) groups is 2. The summed E-state index contributed by atoms with van der Waals surface area (Å²) in [4.78, 5) is 33.4. The van der Waals surface area contributed by atoms with Crippen molar-refractivity contribution < 1.29 is 27.9 Å². The van der Waals surface area contributed by atoms with Gasteiger partial charge in [0.25, 0.3) is 5.91 Å². The summed E-state index contributed by atoms with van der Waals surface area (Å²) in [5.41, 5.74) is -1.71. The molecule has 120 valence electrons. The first kappa shape index (κ1) is 16.3. The quantitative estimate of drug-likeness (QED) is 0.895. The summed E-state index contributed by atoms with van der Waals surface area (Å²) in [6.07, 6.45) is -2.30. The van der Waals surface area contributed by atoms with Crippen LogP contribution in [0.3, 0.4) is 0 Å². The summed E-state index contributed by atoms with van der Waals surface area (Å²) in [5, 5.41) is 11.4. The molecule has 0 fully saturated rings. The largest absolute Gasteiger partial charge is 0.478 e. The number of rotatable bonds is 3. The van der Waals surface area contributed by atoms with Gasteiger partial charge in [-0.15, -0.1) is 0 Å². The van der Waals surface area contributed by atoms with Crippen LogP contribution in [-0.4, -0.2) is 31.9 Å². The van der Waals surface area contributed by atoms with Crippen LogP contribution in [-0.2, 0) is 6.18 Å². The second-order valence-electron chi connectivity index (χ2n) is 4.36. The molecule has 2 N–H and O–H groups in total. The number of aromatic carboxylic acids is 1. The Morgan fingerprint density at radius 2 is 1.87 bits per heavy atom. The Labute approximate surface area is 127 Å². The molecule has 0 atom stereocenters. The number of hydrogen-bond acceptors (Lipinski definition) is 5. The summed E-state index contributed by atoms with van der Waals surface area (Å²) in [7, 11) is 0. The normalized spacial score (nSPS) is 11.1. The molecule has 0 bridgehead atoms. The molecule has 0 saturated carbocycles. The van der Waals surface area contributed by atoms with E-state index in [1.807, 2.05) is 0 Å². The molecule has 2 aromatic heterocycles. The number of halogens is 3. The highest BCUT2D eigenvalue weighted by Gasteiger charge is 2.33. The van der Waals surface area contributed by atoms with Crippen molar-refractivity contribution in [3.05, 3.63) is 47.3 Å². The lowest BCUT2D eigenvalue weighted by atomic mass is 10.1. The van der Waals surface area contributed by atoms with Gasteiger partial charge in [0.05, 0.1) is 23.8 Å². The van der Waals surface area contributed by atoms with E-state index in [1.54, 1.807) is 0 Å². The molecule has 10 heteroatoms. The van der Waals surface area contributed by atoms with Gasteiger partial charge in [0.15, 0.2) is 5.69 Å². The molecular formula is C13H9F3N4O3. The van der Waals surface area contributed by atoms with Crippen LogP contribution in [0.1, 0.15) is 32.2 Å². The molecule has 7 nitrogen and oxygen atoms in total. The predicted octanol–water partition coefficient (Wildman–Crippen LogP) is 2.15. The van der Waals surface area contributed by atoms with Crippen molar-refractivity contribution >= 4 is 17.6 Å². The van der Waals surface area contributed by atoms with E-state index in [2.05, 4.69) is 20.3 Å². The van der Waals surface area contributed by atoms with Crippen LogP contribution < -0.4 is 5.32 Å². The minimum atomic E-state index is -4.67. The maximum absolute atomic E-state index is 12.4. The molecule has 0 aliphatic rings. The SMILES string of the molecule is Cc1nccc(NC(=O)c2cnc(C(F)(F)F)cn2)c1C(=O)O. The molecule has 2 heterocycles. The van der Waals surface area contributed by atoms with Gasteiger partial charge in [-0.3, -0.25) is 9.78 Å². The van der Waals surface area contributed by atoms with Crippen molar-refractivity contribution in [3.8, 4) is 0 Å². The number of carboxylic acids is 1. The summed E-state index contributed by atoms with van der Waals surface area (Å²) in [6, 6.07) is 1.26. The number of pyridine rings is 1. The van der Waals surface area contributed by atoms with Crippen LogP contribution in [0.5, 0.6) is 0 Å². The third-order valence-electron chi connectivity index (χ3n) is 2.78.